The van der Waals surface area contributed by atoms with E-state index in [9.17, 15) is 18.0 Å². The highest BCUT2D eigenvalue weighted by atomic mass is 32.2. The van der Waals surface area contributed by atoms with Gasteiger partial charge in [-0.15, -0.1) is 0 Å². The summed E-state index contributed by atoms with van der Waals surface area (Å²) in [5.41, 5.74) is 1.35. The molecular formula is C13H16O5S. The van der Waals surface area contributed by atoms with Crippen molar-refractivity contribution in [1.29, 1.82) is 0 Å². The maximum Gasteiger partial charge on any atom is 0.338 e. The van der Waals surface area contributed by atoms with Crippen LogP contribution in [0.1, 0.15) is 27.9 Å². The van der Waals surface area contributed by atoms with Crippen molar-refractivity contribution in [3.05, 3.63) is 28.8 Å². The number of aldehydes is 1. The standard InChI is InChI=1S/C13H16O5S/c1-9-10(5-4-8-14)12(19(3,16)17)7-6-11(9)13(15)18-2/h6-8H,4-5H2,1-3H3. The van der Waals surface area contributed by atoms with Gasteiger partial charge in [0.05, 0.1) is 17.6 Å². The highest BCUT2D eigenvalue weighted by Crippen LogP contribution is 2.24. The van der Waals surface area contributed by atoms with Gasteiger partial charge in [-0.3, -0.25) is 0 Å². The van der Waals surface area contributed by atoms with Crippen molar-refractivity contribution in [2.45, 2.75) is 24.7 Å². The van der Waals surface area contributed by atoms with Crippen molar-refractivity contribution in [1.82, 2.24) is 0 Å². The fourth-order valence-electron chi connectivity index (χ4n) is 1.92. The molecule has 0 aliphatic rings. The number of hydrogen-bond donors (Lipinski definition) is 0. The third-order valence-electron chi connectivity index (χ3n) is 2.87. The summed E-state index contributed by atoms with van der Waals surface area (Å²) in [6, 6.07) is 2.82. The van der Waals surface area contributed by atoms with Crippen LogP contribution in [-0.4, -0.2) is 34.0 Å². The molecule has 0 N–H and O–H groups in total. The van der Waals surface area contributed by atoms with Crippen LogP contribution in [0, 0.1) is 6.92 Å². The number of carbonyl (C=O) groups excluding carboxylic acids is 2. The van der Waals surface area contributed by atoms with E-state index >= 15 is 0 Å². The van der Waals surface area contributed by atoms with E-state index in [1.807, 2.05) is 0 Å². The molecule has 0 spiro atoms. The van der Waals surface area contributed by atoms with Gasteiger partial charge in [0.2, 0.25) is 0 Å². The summed E-state index contributed by atoms with van der Waals surface area (Å²) in [6.07, 6.45) is 2.30. The summed E-state index contributed by atoms with van der Waals surface area (Å²) >= 11 is 0. The Kier molecular flexibility index (Phi) is 4.83. The number of esters is 1. The molecular weight excluding hydrogens is 268 g/mol. The lowest BCUT2D eigenvalue weighted by molar-refractivity contribution is -0.107. The van der Waals surface area contributed by atoms with Crippen LogP contribution in [0.5, 0.6) is 0 Å². The second kappa shape index (κ2) is 5.97. The zero-order valence-electron chi connectivity index (χ0n) is 11.1. The van der Waals surface area contributed by atoms with Crippen LogP contribution in [-0.2, 0) is 25.8 Å². The Balaban J connectivity index is 3.49. The first kappa shape index (κ1) is 15.4. The second-order valence-electron chi connectivity index (χ2n) is 4.18. The van der Waals surface area contributed by atoms with Crippen molar-refractivity contribution >= 4 is 22.1 Å². The van der Waals surface area contributed by atoms with Gasteiger partial charge in [-0.1, -0.05) is 0 Å². The van der Waals surface area contributed by atoms with Crippen molar-refractivity contribution in [2.75, 3.05) is 13.4 Å². The average Bonchev–Trinajstić information content (AvgIpc) is 2.34. The lowest BCUT2D eigenvalue weighted by Crippen LogP contribution is -2.11. The SMILES string of the molecule is COC(=O)c1ccc(S(C)(=O)=O)c(CCC=O)c1C. The first-order valence-electron chi connectivity index (χ1n) is 5.67. The predicted molar refractivity (Wildman–Crippen MR) is 70.0 cm³/mol. The van der Waals surface area contributed by atoms with E-state index in [0.717, 1.165) is 12.5 Å². The van der Waals surface area contributed by atoms with Gasteiger partial charge in [-0.05, 0) is 36.6 Å². The van der Waals surface area contributed by atoms with Crippen molar-refractivity contribution in [2.24, 2.45) is 0 Å². The van der Waals surface area contributed by atoms with E-state index < -0.39 is 15.8 Å². The molecule has 0 radical (unpaired) electrons. The molecule has 0 aliphatic carbocycles. The minimum Gasteiger partial charge on any atom is -0.465 e. The number of methoxy groups -OCH3 is 1. The highest BCUT2D eigenvalue weighted by Gasteiger charge is 2.20. The van der Waals surface area contributed by atoms with Crippen LogP contribution in [0.2, 0.25) is 0 Å². The molecule has 1 aromatic carbocycles. The number of sulfone groups is 1. The summed E-state index contributed by atoms with van der Waals surface area (Å²) in [5, 5.41) is 0. The van der Waals surface area contributed by atoms with Gasteiger partial charge in [0.1, 0.15) is 6.29 Å². The molecule has 5 nitrogen and oxygen atoms in total. The summed E-state index contributed by atoms with van der Waals surface area (Å²) in [6.45, 7) is 1.65. The van der Waals surface area contributed by atoms with Crippen LogP contribution in [0.25, 0.3) is 0 Å². The molecule has 0 fully saturated rings. The molecule has 6 heteroatoms. The fourth-order valence-corrected chi connectivity index (χ4v) is 2.94. The molecule has 1 rings (SSSR count). The van der Waals surface area contributed by atoms with Crippen LogP contribution in [0.4, 0.5) is 0 Å². The molecule has 0 aromatic heterocycles. The molecule has 0 saturated heterocycles. The van der Waals surface area contributed by atoms with Crippen LogP contribution in [0.3, 0.4) is 0 Å². The Bertz CT molecular complexity index is 602. The molecule has 19 heavy (non-hydrogen) atoms. The maximum absolute atomic E-state index is 11.7. The van der Waals surface area contributed by atoms with Crippen molar-refractivity contribution in [3.63, 3.8) is 0 Å². The van der Waals surface area contributed by atoms with E-state index in [4.69, 9.17) is 0 Å². The zero-order chi connectivity index (χ0) is 14.6. The third kappa shape index (κ3) is 3.41. The first-order chi connectivity index (χ1) is 8.82. The highest BCUT2D eigenvalue weighted by molar-refractivity contribution is 7.90. The van der Waals surface area contributed by atoms with Crippen molar-refractivity contribution in [3.8, 4) is 0 Å². The van der Waals surface area contributed by atoms with Gasteiger partial charge in [0.25, 0.3) is 0 Å². The minimum absolute atomic E-state index is 0.152. The van der Waals surface area contributed by atoms with Crippen LogP contribution < -0.4 is 0 Å². The monoisotopic (exact) mass is 284 g/mol. The largest absolute Gasteiger partial charge is 0.465 e. The summed E-state index contributed by atoms with van der Waals surface area (Å²) in [7, 11) is -2.14. The van der Waals surface area contributed by atoms with E-state index in [-0.39, 0.29) is 17.7 Å². The molecule has 0 atom stereocenters. The first-order valence-corrected chi connectivity index (χ1v) is 7.56. The van der Waals surface area contributed by atoms with Gasteiger partial charge < -0.3 is 9.53 Å². The normalized spacial score (nSPS) is 11.1. The Morgan fingerprint density at radius 3 is 2.47 bits per heavy atom. The minimum atomic E-state index is -3.40. The summed E-state index contributed by atoms with van der Waals surface area (Å²) < 4.78 is 28.1. The second-order valence-corrected chi connectivity index (χ2v) is 6.17. The topological polar surface area (TPSA) is 77.5 Å². The number of benzene rings is 1. The Morgan fingerprint density at radius 1 is 1.37 bits per heavy atom. The maximum atomic E-state index is 11.7. The molecule has 0 unspecified atom stereocenters. The lowest BCUT2D eigenvalue weighted by atomic mass is 9.99. The summed E-state index contributed by atoms with van der Waals surface area (Å²) in [4.78, 5) is 22.2. The van der Waals surface area contributed by atoms with Gasteiger partial charge in [-0.25, -0.2) is 13.2 Å². The molecule has 104 valence electrons. The van der Waals surface area contributed by atoms with E-state index in [1.165, 1.54) is 19.2 Å². The summed E-state index contributed by atoms with van der Waals surface area (Å²) in [5.74, 6) is -0.523. The average molecular weight is 284 g/mol. The molecule has 0 heterocycles. The zero-order valence-corrected chi connectivity index (χ0v) is 11.9. The van der Waals surface area contributed by atoms with Crippen molar-refractivity contribution < 1.29 is 22.7 Å². The Hall–Kier alpha value is -1.69. The predicted octanol–water partition coefficient (Wildman–Crippen LogP) is 1.32. The third-order valence-corrected chi connectivity index (χ3v) is 4.05. The fraction of sp³-hybridized carbons (Fsp3) is 0.385. The molecule has 0 bridgehead atoms. The quantitative estimate of drug-likeness (QED) is 0.602. The van der Waals surface area contributed by atoms with Gasteiger partial charge in [0, 0.05) is 12.7 Å². The van der Waals surface area contributed by atoms with Crippen LogP contribution in [0.15, 0.2) is 17.0 Å². The van der Waals surface area contributed by atoms with E-state index in [0.29, 0.717) is 16.7 Å². The van der Waals surface area contributed by atoms with Gasteiger partial charge >= 0.3 is 5.97 Å². The van der Waals surface area contributed by atoms with Gasteiger partial charge in [-0.2, -0.15) is 0 Å². The molecule has 0 aliphatic heterocycles. The van der Waals surface area contributed by atoms with E-state index in [1.54, 1.807) is 6.92 Å². The number of rotatable bonds is 5. The molecule has 0 saturated carbocycles. The Morgan fingerprint density at radius 2 is 2.00 bits per heavy atom. The Labute approximate surface area is 112 Å². The van der Waals surface area contributed by atoms with E-state index in [2.05, 4.69) is 4.74 Å². The smallest absolute Gasteiger partial charge is 0.338 e. The number of hydrogen-bond acceptors (Lipinski definition) is 5. The number of ether oxygens (including phenoxy) is 1. The van der Waals surface area contributed by atoms with Crippen LogP contribution >= 0.6 is 0 Å². The van der Waals surface area contributed by atoms with Gasteiger partial charge in [0.15, 0.2) is 9.84 Å². The lowest BCUT2D eigenvalue weighted by Gasteiger charge is -2.13. The molecule has 0 amide bonds. The molecule has 1 aromatic rings. The number of carbonyl (C=O) groups is 2.